The molecule has 1 amide bonds. The Morgan fingerprint density at radius 3 is 2.76 bits per heavy atom. The van der Waals surface area contributed by atoms with E-state index in [-0.39, 0.29) is 11.7 Å². The Morgan fingerprint density at radius 2 is 2.12 bits per heavy atom. The van der Waals surface area contributed by atoms with Crippen molar-refractivity contribution < 1.29 is 9.59 Å². The van der Waals surface area contributed by atoms with Crippen LogP contribution in [0, 0.1) is 6.92 Å². The molecule has 1 aromatic rings. The normalized spacial score (nSPS) is 18.9. The average molecular weight is 253 g/mol. The van der Waals surface area contributed by atoms with Crippen molar-refractivity contribution in [1.82, 2.24) is 5.32 Å². The predicted octanol–water partition coefficient (Wildman–Crippen LogP) is 1.29. The van der Waals surface area contributed by atoms with Gasteiger partial charge in [-0.05, 0) is 37.6 Å². The van der Waals surface area contributed by atoms with E-state index in [4.69, 9.17) is 17.3 Å². The van der Waals surface area contributed by atoms with Crippen LogP contribution >= 0.6 is 11.6 Å². The fraction of sp³-hybridized carbons (Fsp3) is 0.333. The number of hydrogen-bond donors (Lipinski definition) is 2. The molecule has 0 radical (unpaired) electrons. The van der Waals surface area contributed by atoms with E-state index in [1.807, 2.05) is 0 Å². The molecule has 17 heavy (non-hydrogen) atoms. The molecular weight excluding hydrogens is 240 g/mol. The maximum Gasteiger partial charge on any atom is 0.252 e. The van der Waals surface area contributed by atoms with E-state index in [0.717, 1.165) is 0 Å². The molecule has 0 saturated carbocycles. The van der Waals surface area contributed by atoms with Crippen molar-refractivity contribution in [2.45, 2.75) is 19.4 Å². The zero-order valence-corrected chi connectivity index (χ0v) is 10.2. The zero-order chi connectivity index (χ0) is 12.6. The number of ketones is 1. The Kier molecular flexibility index (Phi) is 3.17. The van der Waals surface area contributed by atoms with Crippen LogP contribution in [0.1, 0.15) is 32.7 Å². The Bertz CT molecular complexity index is 500. The summed E-state index contributed by atoms with van der Waals surface area (Å²) < 4.78 is 0. The number of Topliss-reactive ketones (excluding diaryl/α,β-unsaturated/α-hetero) is 1. The lowest BCUT2D eigenvalue weighted by molar-refractivity contribution is 0.0824. The molecule has 1 aromatic carbocycles. The molecule has 0 aromatic heterocycles. The number of halogens is 1. The van der Waals surface area contributed by atoms with Gasteiger partial charge in [-0.3, -0.25) is 9.59 Å². The summed E-state index contributed by atoms with van der Waals surface area (Å²) in [6.07, 6.45) is 0.450. The quantitative estimate of drug-likeness (QED) is 0.833. The first kappa shape index (κ1) is 12.1. The van der Waals surface area contributed by atoms with E-state index < -0.39 is 6.04 Å². The summed E-state index contributed by atoms with van der Waals surface area (Å²) in [6.45, 7) is 2.09. The second-order valence-corrected chi connectivity index (χ2v) is 4.47. The Hall–Kier alpha value is -1.39. The topological polar surface area (TPSA) is 72.2 Å². The monoisotopic (exact) mass is 252 g/mol. The molecule has 0 bridgehead atoms. The molecule has 4 nitrogen and oxygen atoms in total. The van der Waals surface area contributed by atoms with Crippen molar-refractivity contribution in [2.24, 2.45) is 5.73 Å². The van der Waals surface area contributed by atoms with Gasteiger partial charge in [-0.15, -0.1) is 0 Å². The van der Waals surface area contributed by atoms with Gasteiger partial charge in [-0.25, -0.2) is 0 Å². The average Bonchev–Trinajstić information content (AvgIpc) is 2.29. The summed E-state index contributed by atoms with van der Waals surface area (Å²) in [5, 5.41) is 3.15. The van der Waals surface area contributed by atoms with Gasteiger partial charge < -0.3 is 11.1 Å². The fourth-order valence-electron chi connectivity index (χ4n) is 2.04. The minimum Gasteiger partial charge on any atom is -0.342 e. The van der Waals surface area contributed by atoms with Crippen molar-refractivity contribution in [3.05, 3.63) is 33.8 Å². The fourth-order valence-corrected chi connectivity index (χ4v) is 2.20. The number of carbonyl (C=O) groups excluding carboxylic acids is 2. The summed E-state index contributed by atoms with van der Waals surface area (Å²) in [6, 6.07) is 2.74. The van der Waals surface area contributed by atoms with Crippen LogP contribution in [0.15, 0.2) is 12.1 Å². The highest BCUT2D eigenvalue weighted by molar-refractivity contribution is 6.32. The van der Waals surface area contributed by atoms with E-state index in [9.17, 15) is 9.59 Å². The van der Waals surface area contributed by atoms with Crippen molar-refractivity contribution in [2.75, 3.05) is 6.54 Å². The van der Waals surface area contributed by atoms with Gasteiger partial charge in [0.15, 0.2) is 5.78 Å². The number of nitrogens with one attached hydrogen (secondary N) is 1. The Morgan fingerprint density at radius 1 is 1.41 bits per heavy atom. The van der Waals surface area contributed by atoms with E-state index in [0.29, 0.717) is 34.7 Å². The van der Waals surface area contributed by atoms with Crippen molar-refractivity contribution in [1.29, 1.82) is 0 Å². The minimum absolute atomic E-state index is 0.0928. The summed E-state index contributed by atoms with van der Waals surface area (Å²) in [5.41, 5.74) is 6.88. The number of hydrogen-bond acceptors (Lipinski definition) is 3. The summed E-state index contributed by atoms with van der Waals surface area (Å²) in [4.78, 5) is 24.0. The molecule has 1 heterocycles. The lowest BCUT2D eigenvalue weighted by atomic mass is 9.89. The van der Waals surface area contributed by atoms with Crippen LogP contribution in [0.5, 0.6) is 0 Å². The first-order valence-corrected chi connectivity index (χ1v) is 5.78. The van der Waals surface area contributed by atoms with Gasteiger partial charge in [0.1, 0.15) is 0 Å². The standard InChI is InChI=1S/C12H13ClN2O2/c1-6-8(13)3-2-7-10(6)12(17)15-9(4-5-14)11(7)16/h2-3,9H,4-5,14H2,1H3,(H,15,17). The van der Waals surface area contributed by atoms with E-state index in [1.54, 1.807) is 19.1 Å². The highest BCUT2D eigenvalue weighted by atomic mass is 35.5. The SMILES string of the molecule is Cc1c(Cl)ccc2c1C(=O)NC(CCN)C2=O. The highest BCUT2D eigenvalue weighted by Gasteiger charge is 2.32. The van der Waals surface area contributed by atoms with E-state index >= 15 is 0 Å². The number of rotatable bonds is 2. The van der Waals surface area contributed by atoms with Crippen LogP contribution in [0.3, 0.4) is 0 Å². The van der Waals surface area contributed by atoms with Crippen LogP contribution in [-0.4, -0.2) is 24.3 Å². The molecule has 1 atom stereocenters. The third-order valence-corrected chi connectivity index (χ3v) is 3.38. The zero-order valence-electron chi connectivity index (χ0n) is 9.42. The number of amides is 1. The second kappa shape index (κ2) is 4.47. The first-order chi connectivity index (χ1) is 8.06. The molecular formula is C12H13ClN2O2. The molecule has 5 heteroatoms. The molecule has 0 fully saturated rings. The molecule has 3 N–H and O–H groups in total. The van der Waals surface area contributed by atoms with E-state index in [2.05, 4.69) is 5.32 Å². The number of fused-ring (bicyclic) bond motifs is 1. The molecule has 1 aliphatic heterocycles. The van der Waals surface area contributed by atoms with Gasteiger partial charge in [0.2, 0.25) is 0 Å². The van der Waals surface area contributed by atoms with Gasteiger partial charge in [-0.1, -0.05) is 11.6 Å². The van der Waals surface area contributed by atoms with Gasteiger partial charge in [0.25, 0.3) is 5.91 Å². The molecule has 0 aliphatic carbocycles. The lowest BCUT2D eigenvalue weighted by Crippen LogP contribution is -2.47. The molecule has 2 rings (SSSR count). The van der Waals surface area contributed by atoms with Gasteiger partial charge in [-0.2, -0.15) is 0 Å². The highest BCUT2D eigenvalue weighted by Crippen LogP contribution is 2.26. The summed E-state index contributed by atoms with van der Waals surface area (Å²) >= 11 is 5.94. The number of carbonyl (C=O) groups is 2. The molecule has 90 valence electrons. The predicted molar refractivity (Wildman–Crippen MR) is 65.4 cm³/mol. The Balaban J connectivity index is 2.52. The van der Waals surface area contributed by atoms with Crippen molar-refractivity contribution >= 4 is 23.3 Å². The van der Waals surface area contributed by atoms with Crippen LogP contribution in [0.2, 0.25) is 5.02 Å². The van der Waals surface area contributed by atoms with Gasteiger partial charge in [0, 0.05) is 10.6 Å². The van der Waals surface area contributed by atoms with E-state index in [1.165, 1.54) is 0 Å². The maximum absolute atomic E-state index is 12.1. The smallest absolute Gasteiger partial charge is 0.252 e. The van der Waals surface area contributed by atoms with Gasteiger partial charge >= 0.3 is 0 Å². The maximum atomic E-state index is 12.1. The molecule has 1 aliphatic rings. The van der Waals surface area contributed by atoms with Crippen molar-refractivity contribution in [3.63, 3.8) is 0 Å². The minimum atomic E-state index is -0.513. The van der Waals surface area contributed by atoms with Crippen LogP contribution in [-0.2, 0) is 0 Å². The number of benzene rings is 1. The Labute approximate surface area is 104 Å². The largest absolute Gasteiger partial charge is 0.342 e. The van der Waals surface area contributed by atoms with Crippen molar-refractivity contribution in [3.8, 4) is 0 Å². The third kappa shape index (κ3) is 1.94. The lowest BCUT2D eigenvalue weighted by Gasteiger charge is -2.25. The summed E-state index contributed by atoms with van der Waals surface area (Å²) in [7, 11) is 0. The van der Waals surface area contributed by atoms with Crippen LogP contribution in [0.4, 0.5) is 0 Å². The second-order valence-electron chi connectivity index (χ2n) is 4.06. The van der Waals surface area contributed by atoms with Crippen LogP contribution in [0.25, 0.3) is 0 Å². The number of nitrogens with two attached hydrogens (primary N) is 1. The molecule has 0 spiro atoms. The summed E-state index contributed by atoms with van der Waals surface area (Å²) in [5.74, 6) is -0.345. The third-order valence-electron chi connectivity index (χ3n) is 2.97. The molecule has 0 saturated heterocycles. The van der Waals surface area contributed by atoms with Crippen LogP contribution < -0.4 is 11.1 Å². The molecule has 1 unspecified atom stereocenters. The first-order valence-electron chi connectivity index (χ1n) is 5.40. The van der Waals surface area contributed by atoms with Gasteiger partial charge in [0.05, 0.1) is 11.6 Å².